The molecule has 2 aliphatic heterocycles. The molecule has 0 radical (unpaired) electrons. The molecule has 2 aliphatic rings. The van der Waals surface area contributed by atoms with Gasteiger partial charge in [0.05, 0.1) is 16.6 Å². The second-order valence-electron chi connectivity index (χ2n) is 7.88. The van der Waals surface area contributed by atoms with Crippen LogP contribution in [0.15, 0.2) is 35.1 Å². The zero-order valence-corrected chi connectivity index (χ0v) is 17.9. The molecule has 2 aromatic rings. The number of hydrogen-bond acceptors (Lipinski definition) is 5. The third kappa shape index (κ3) is 3.69. The molecule has 0 spiro atoms. The van der Waals surface area contributed by atoms with E-state index in [1.54, 1.807) is 11.6 Å². The van der Waals surface area contributed by atoms with Crippen LogP contribution in [-0.2, 0) is 16.6 Å². The number of benzene rings is 1. The van der Waals surface area contributed by atoms with E-state index in [1.807, 2.05) is 37.3 Å². The number of aryl methyl sites for hydroxylation is 1. The Morgan fingerprint density at radius 1 is 0.967 bits per heavy atom. The Morgan fingerprint density at radius 2 is 1.63 bits per heavy atom. The third-order valence-corrected chi connectivity index (χ3v) is 6.53. The summed E-state index contributed by atoms with van der Waals surface area (Å²) in [4.78, 5) is 40.6. The molecule has 0 bridgehead atoms. The SMILES string of the molecule is Cc1ccc(N2CCN(c3cccc(C4CCC(=O)NC4=O)c3Cl)CC2)c(=O)n1C. The van der Waals surface area contributed by atoms with Gasteiger partial charge < -0.3 is 14.4 Å². The molecule has 1 unspecified atom stereocenters. The van der Waals surface area contributed by atoms with Crippen molar-refractivity contribution in [2.45, 2.75) is 25.7 Å². The molecule has 30 heavy (non-hydrogen) atoms. The van der Waals surface area contributed by atoms with E-state index in [4.69, 9.17) is 11.6 Å². The number of rotatable bonds is 3. The van der Waals surface area contributed by atoms with Crippen LogP contribution in [0.2, 0.25) is 5.02 Å². The van der Waals surface area contributed by atoms with E-state index in [9.17, 15) is 14.4 Å². The highest BCUT2D eigenvalue weighted by molar-refractivity contribution is 6.34. The number of amides is 2. The van der Waals surface area contributed by atoms with Gasteiger partial charge >= 0.3 is 0 Å². The van der Waals surface area contributed by atoms with E-state index in [0.29, 0.717) is 36.6 Å². The minimum absolute atomic E-state index is 0.0151. The third-order valence-electron chi connectivity index (χ3n) is 6.12. The number of piperidine rings is 1. The topological polar surface area (TPSA) is 74.7 Å². The van der Waals surface area contributed by atoms with E-state index >= 15 is 0 Å². The number of carbonyl (C=O) groups excluding carboxylic acids is 2. The zero-order valence-electron chi connectivity index (χ0n) is 17.2. The number of anilines is 2. The van der Waals surface area contributed by atoms with E-state index < -0.39 is 5.92 Å². The van der Waals surface area contributed by atoms with Crippen LogP contribution in [0.3, 0.4) is 0 Å². The minimum atomic E-state index is -0.410. The van der Waals surface area contributed by atoms with Crippen molar-refractivity contribution in [3.63, 3.8) is 0 Å². The van der Waals surface area contributed by atoms with Gasteiger partial charge in [-0.25, -0.2) is 0 Å². The fourth-order valence-corrected chi connectivity index (χ4v) is 4.56. The number of piperazine rings is 1. The smallest absolute Gasteiger partial charge is 0.274 e. The van der Waals surface area contributed by atoms with Crippen molar-refractivity contribution in [2.75, 3.05) is 36.0 Å². The van der Waals surface area contributed by atoms with Gasteiger partial charge in [0, 0.05) is 45.3 Å². The Morgan fingerprint density at radius 3 is 2.30 bits per heavy atom. The second kappa shape index (κ2) is 8.14. The van der Waals surface area contributed by atoms with Crippen LogP contribution in [0.1, 0.15) is 30.0 Å². The van der Waals surface area contributed by atoms with Crippen LogP contribution in [0.25, 0.3) is 0 Å². The highest BCUT2D eigenvalue weighted by Crippen LogP contribution is 2.37. The molecule has 7 nitrogen and oxygen atoms in total. The highest BCUT2D eigenvalue weighted by Gasteiger charge is 2.31. The first kappa shape index (κ1) is 20.5. The van der Waals surface area contributed by atoms with Crippen LogP contribution in [0.5, 0.6) is 0 Å². The standard InChI is InChI=1S/C22H25ClN4O3/c1-14-6-8-18(22(30)25(14)2)27-12-10-26(11-13-27)17-5-3-4-15(20(17)23)16-7-9-19(28)24-21(16)29/h3-6,8,16H,7,9-13H2,1-2H3,(H,24,28,29). The molecule has 1 N–H and O–H groups in total. The van der Waals surface area contributed by atoms with Gasteiger partial charge in [-0.1, -0.05) is 23.7 Å². The summed E-state index contributed by atoms with van der Waals surface area (Å²) in [6, 6.07) is 9.58. The van der Waals surface area contributed by atoms with E-state index in [1.165, 1.54) is 0 Å². The first-order valence-corrected chi connectivity index (χ1v) is 10.5. The molecule has 4 rings (SSSR count). The normalized spacial score (nSPS) is 19.8. The molecule has 158 valence electrons. The number of aromatic nitrogens is 1. The molecule has 1 atom stereocenters. The molecule has 0 saturated carbocycles. The van der Waals surface area contributed by atoms with Gasteiger partial charge in [-0.05, 0) is 37.1 Å². The van der Waals surface area contributed by atoms with Crippen LogP contribution in [-0.4, -0.2) is 42.6 Å². The molecular formula is C22H25ClN4O3. The van der Waals surface area contributed by atoms with E-state index in [-0.39, 0.29) is 17.4 Å². The van der Waals surface area contributed by atoms with Crippen molar-refractivity contribution in [2.24, 2.45) is 7.05 Å². The van der Waals surface area contributed by atoms with Crippen LogP contribution in [0.4, 0.5) is 11.4 Å². The maximum absolute atomic E-state index is 12.6. The molecule has 1 aromatic carbocycles. The Kier molecular flexibility index (Phi) is 5.56. The van der Waals surface area contributed by atoms with E-state index in [2.05, 4.69) is 15.1 Å². The molecule has 3 heterocycles. The molecule has 2 amide bonds. The summed E-state index contributed by atoms with van der Waals surface area (Å²) < 4.78 is 1.67. The average molecular weight is 429 g/mol. The second-order valence-corrected chi connectivity index (χ2v) is 8.26. The van der Waals surface area contributed by atoms with Gasteiger partial charge in [-0.2, -0.15) is 0 Å². The van der Waals surface area contributed by atoms with Gasteiger partial charge in [0.15, 0.2) is 0 Å². The number of hydrogen-bond donors (Lipinski definition) is 1. The van der Waals surface area contributed by atoms with Gasteiger partial charge in [0.2, 0.25) is 11.8 Å². The number of nitrogens with zero attached hydrogens (tertiary/aromatic N) is 3. The first-order valence-electron chi connectivity index (χ1n) is 10.2. The molecule has 0 aliphatic carbocycles. The fourth-order valence-electron chi connectivity index (χ4n) is 4.18. The summed E-state index contributed by atoms with van der Waals surface area (Å²) in [6.45, 7) is 4.76. The summed E-state index contributed by atoms with van der Waals surface area (Å²) in [5.74, 6) is -0.931. The van der Waals surface area contributed by atoms with Crippen LogP contribution >= 0.6 is 11.6 Å². The van der Waals surface area contributed by atoms with Crippen molar-refractivity contribution >= 4 is 34.8 Å². The van der Waals surface area contributed by atoms with Gasteiger partial charge in [0.25, 0.3) is 5.56 Å². The largest absolute Gasteiger partial charge is 0.367 e. The zero-order chi connectivity index (χ0) is 21.4. The van der Waals surface area contributed by atoms with E-state index in [0.717, 1.165) is 30.0 Å². The average Bonchev–Trinajstić information content (AvgIpc) is 2.73. The maximum Gasteiger partial charge on any atom is 0.274 e. The van der Waals surface area contributed by atoms with Gasteiger partial charge in [-0.3, -0.25) is 19.7 Å². The summed E-state index contributed by atoms with van der Waals surface area (Å²) in [5, 5.41) is 2.97. The molecule has 8 heteroatoms. The predicted octanol–water partition coefficient (Wildman–Crippen LogP) is 2.19. The van der Waals surface area contributed by atoms with Crippen molar-refractivity contribution in [1.82, 2.24) is 9.88 Å². The lowest BCUT2D eigenvalue weighted by molar-refractivity contribution is -0.134. The van der Waals surface area contributed by atoms with Crippen molar-refractivity contribution in [1.29, 1.82) is 0 Å². The summed E-state index contributed by atoms with van der Waals surface area (Å²) >= 11 is 6.72. The Hall–Kier alpha value is -2.80. The number of nitrogens with one attached hydrogen (secondary N) is 1. The summed E-state index contributed by atoms with van der Waals surface area (Å²) in [6.07, 6.45) is 0.791. The molecule has 2 fully saturated rings. The number of pyridine rings is 1. The Bertz CT molecular complexity index is 1060. The summed E-state index contributed by atoms with van der Waals surface area (Å²) in [7, 11) is 1.79. The summed E-state index contributed by atoms with van der Waals surface area (Å²) in [5.41, 5.74) is 3.30. The fraction of sp³-hybridized carbons (Fsp3) is 0.409. The van der Waals surface area contributed by atoms with Gasteiger partial charge in [-0.15, -0.1) is 0 Å². The molecule has 1 aromatic heterocycles. The number of carbonyl (C=O) groups is 2. The number of imide groups is 1. The van der Waals surface area contributed by atoms with Crippen molar-refractivity contribution < 1.29 is 9.59 Å². The Balaban J connectivity index is 1.52. The predicted molar refractivity (Wildman–Crippen MR) is 117 cm³/mol. The molecule has 2 saturated heterocycles. The lowest BCUT2D eigenvalue weighted by Crippen LogP contribution is -2.48. The van der Waals surface area contributed by atoms with Crippen LogP contribution < -0.4 is 20.7 Å². The lowest BCUT2D eigenvalue weighted by Gasteiger charge is -2.38. The van der Waals surface area contributed by atoms with Crippen molar-refractivity contribution in [3.05, 3.63) is 57.0 Å². The minimum Gasteiger partial charge on any atom is -0.367 e. The quantitative estimate of drug-likeness (QED) is 0.758. The monoisotopic (exact) mass is 428 g/mol. The molecular weight excluding hydrogens is 404 g/mol. The maximum atomic E-state index is 12.6. The first-order chi connectivity index (χ1) is 14.4. The lowest BCUT2D eigenvalue weighted by atomic mass is 9.90. The Labute approximate surface area is 180 Å². The number of halogens is 1. The highest BCUT2D eigenvalue weighted by atomic mass is 35.5. The van der Waals surface area contributed by atoms with Crippen molar-refractivity contribution in [3.8, 4) is 0 Å². The van der Waals surface area contributed by atoms with Gasteiger partial charge in [0.1, 0.15) is 5.69 Å². The van der Waals surface area contributed by atoms with Crippen LogP contribution in [0, 0.1) is 6.92 Å².